The molecule has 0 amide bonds. The van der Waals surface area contributed by atoms with Gasteiger partial charge < -0.3 is 5.11 Å². The Morgan fingerprint density at radius 1 is 1.07 bits per heavy atom. The van der Waals surface area contributed by atoms with E-state index < -0.39 is 0 Å². The van der Waals surface area contributed by atoms with E-state index in [0.717, 1.165) is 5.56 Å². The SMILES string of the molecule is Cc1ccc(O)c(-c2cccc(F)c2)c1. The molecule has 1 N–H and O–H groups in total. The van der Waals surface area contributed by atoms with Crippen molar-refractivity contribution in [2.45, 2.75) is 6.92 Å². The van der Waals surface area contributed by atoms with Crippen molar-refractivity contribution in [2.24, 2.45) is 0 Å². The molecule has 0 spiro atoms. The van der Waals surface area contributed by atoms with Gasteiger partial charge in [0.2, 0.25) is 0 Å². The molecule has 0 atom stereocenters. The third-order valence-electron chi connectivity index (χ3n) is 2.29. The minimum atomic E-state index is -0.298. The quantitative estimate of drug-likeness (QED) is 0.750. The molecular weight excluding hydrogens is 191 g/mol. The monoisotopic (exact) mass is 202 g/mol. The number of benzene rings is 2. The third kappa shape index (κ3) is 1.99. The van der Waals surface area contributed by atoms with Gasteiger partial charge in [0.25, 0.3) is 0 Å². The van der Waals surface area contributed by atoms with Gasteiger partial charge in [-0.2, -0.15) is 0 Å². The molecule has 0 aliphatic rings. The van der Waals surface area contributed by atoms with Crippen molar-refractivity contribution in [3.8, 4) is 16.9 Å². The maximum Gasteiger partial charge on any atom is 0.123 e. The fraction of sp³-hybridized carbons (Fsp3) is 0.0769. The second kappa shape index (κ2) is 3.73. The molecule has 15 heavy (non-hydrogen) atoms. The minimum Gasteiger partial charge on any atom is -0.507 e. The number of rotatable bonds is 1. The predicted octanol–water partition coefficient (Wildman–Crippen LogP) is 3.51. The van der Waals surface area contributed by atoms with Crippen LogP contribution < -0.4 is 0 Å². The lowest BCUT2D eigenvalue weighted by atomic mass is 10.0. The van der Waals surface area contributed by atoms with E-state index in [4.69, 9.17) is 0 Å². The van der Waals surface area contributed by atoms with Gasteiger partial charge in [0.1, 0.15) is 11.6 Å². The maximum absolute atomic E-state index is 13.0. The van der Waals surface area contributed by atoms with E-state index in [2.05, 4.69) is 0 Å². The van der Waals surface area contributed by atoms with Crippen LogP contribution in [0.3, 0.4) is 0 Å². The summed E-state index contributed by atoms with van der Waals surface area (Å²) in [6.45, 7) is 1.93. The van der Waals surface area contributed by atoms with E-state index in [9.17, 15) is 9.50 Å². The molecular formula is C13H11FO. The predicted molar refractivity (Wildman–Crippen MR) is 58.2 cm³/mol. The first-order valence-corrected chi connectivity index (χ1v) is 4.72. The Hall–Kier alpha value is -1.83. The highest BCUT2D eigenvalue weighted by Gasteiger charge is 2.04. The molecule has 0 unspecified atom stereocenters. The number of aromatic hydroxyl groups is 1. The largest absolute Gasteiger partial charge is 0.507 e. The van der Waals surface area contributed by atoms with Crippen LogP contribution in [0.2, 0.25) is 0 Å². The van der Waals surface area contributed by atoms with Gasteiger partial charge in [0.05, 0.1) is 0 Å². The molecule has 0 saturated carbocycles. The number of aryl methyl sites for hydroxylation is 1. The summed E-state index contributed by atoms with van der Waals surface area (Å²) in [5.41, 5.74) is 2.39. The summed E-state index contributed by atoms with van der Waals surface area (Å²) in [5.74, 6) is -0.125. The summed E-state index contributed by atoms with van der Waals surface area (Å²) in [7, 11) is 0. The molecule has 0 aliphatic heterocycles. The van der Waals surface area contributed by atoms with Crippen LogP contribution in [0.1, 0.15) is 5.56 Å². The molecule has 1 nitrogen and oxygen atoms in total. The Morgan fingerprint density at radius 2 is 1.87 bits per heavy atom. The van der Waals surface area contributed by atoms with Crippen molar-refractivity contribution < 1.29 is 9.50 Å². The Kier molecular flexibility index (Phi) is 2.42. The molecule has 76 valence electrons. The molecule has 2 aromatic carbocycles. The van der Waals surface area contributed by atoms with Gasteiger partial charge in [-0.1, -0.05) is 23.8 Å². The van der Waals surface area contributed by atoms with Crippen molar-refractivity contribution in [1.82, 2.24) is 0 Å². The Balaban J connectivity index is 2.58. The molecule has 0 aliphatic carbocycles. The van der Waals surface area contributed by atoms with E-state index in [0.29, 0.717) is 11.1 Å². The molecule has 0 saturated heterocycles. The van der Waals surface area contributed by atoms with Gasteiger partial charge in [0.15, 0.2) is 0 Å². The molecule has 0 aromatic heterocycles. The number of phenolic OH excluding ortho intramolecular Hbond substituents is 1. The number of hydrogen-bond acceptors (Lipinski definition) is 1. The van der Waals surface area contributed by atoms with E-state index in [1.807, 2.05) is 19.1 Å². The Bertz CT molecular complexity index is 492. The van der Waals surface area contributed by atoms with Gasteiger partial charge in [-0.15, -0.1) is 0 Å². The van der Waals surface area contributed by atoms with Crippen LogP contribution in [0, 0.1) is 12.7 Å². The Labute approximate surface area is 87.8 Å². The van der Waals surface area contributed by atoms with E-state index in [-0.39, 0.29) is 11.6 Å². The molecule has 2 rings (SSSR count). The van der Waals surface area contributed by atoms with Gasteiger partial charge >= 0.3 is 0 Å². The summed E-state index contributed by atoms with van der Waals surface area (Å²) in [6.07, 6.45) is 0. The lowest BCUT2D eigenvalue weighted by Crippen LogP contribution is -1.82. The average molecular weight is 202 g/mol. The zero-order valence-corrected chi connectivity index (χ0v) is 8.37. The summed E-state index contributed by atoms with van der Waals surface area (Å²) in [6, 6.07) is 11.5. The van der Waals surface area contributed by atoms with E-state index >= 15 is 0 Å². The van der Waals surface area contributed by atoms with Gasteiger partial charge in [-0.25, -0.2) is 4.39 Å². The molecule has 0 fully saturated rings. The van der Waals surface area contributed by atoms with Crippen molar-refractivity contribution in [3.63, 3.8) is 0 Å². The van der Waals surface area contributed by atoms with Gasteiger partial charge in [-0.3, -0.25) is 0 Å². The highest BCUT2D eigenvalue weighted by Crippen LogP contribution is 2.29. The van der Waals surface area contributed by atoms with Crippen LogP contribution in [-0.2, 0) is 0 Å². The van der Waals surface area contributed by atoms with Crippen molar-refractivity contribution in [2.75, 3.05) is 0 Å². The molecule has 2 aromatic rings. The van der Waals surface area contributed by atoms with Crippen molar-refractivity contribution >= 4 is 0 Å². The summed E-state index contributed by atoms with van der Waals surface area (Å²) < 4.78 is 13.0. The fourth-order valence-corrected chi connectivity index (χ4v) is 1.54. The van der Waals surface area contributed by atoms with Gasteiger partial charge in [-0.05, 0) is 36.8 Å². The summed E-state index contributed by atoms with van der Waals surface area (Å²) >= 11 is 0. The highest BCUT2D eigenvalue weighted by atomic mass is 19.1. The average Bonchev–Trinajstić information content (AvgIpc) is 2.22. The fourth-order valence-electron chi connectivity index (χ4n) is 1.54. The van der Waals surface area contributed by atoms with Crippen LogP contribution in [0.25, 0.3) is 11.1 Å². The zero-order chi connectivity index (χ0) is 10.8. The van der Waals surface area contributed by atoms with Crippen LogP contribution in [0.15, 0.2) is 42.5 Å². The lowest BCUT2D eigenvalue weighted by molar-refractivity contribution is 0.477. The standard InChI is InChI=1S/C13H11FO/c1-9-5-6-13(15)12(7-9)10-3-2-4-11(14)8-10/h2-8,15H,1H3. The Morgan fingerprint density at radius 3 is 2.60 bits per heavy atom. The topological polar surface area (TPSA) is 20.2 Å². The van der Waals surface area contributed by atoms with Gasteiger partial charge in [0, 0.05) is 5.56 Å². The second-order valence-electron chi connectivity index (χ2n) is 3.53. The van der Waals surface area contributed by atoms with Crippen LogP contribution in [0.4, 0.5) is 4.39 Å². The maximum atomic E-state index is 13.0. The first-order chi connectivity index (χ1) is 7.16. The molecule has 0 heterocycles. The van der Waals surface area contributed by atoms with Crippen LogP contribution >= 0.6 is 0 Å². The third-order valence-corrected chi connectivity index (χ3v) is 2.29. The molecule has 2 heteroatoms. The first-order valence-electron chi connectivity index (χ1n) is 4.72. The highest BCUT2D eigenvalue weighted by molar-refractivity contribution is 5.70. The van der Waals surface area contributed by atoms with Crippen molar-refractivity contribution in [3.05, 3.63) is 53.8 Å². The molecule has 0 bridgehead atoms. The van der Waals surface area contributed by atoms with E-state index in [1.165, 1.54) is 12.1 Å². The lowest BCUT2D eigenvalue weighted by Gasteiger charge is -2.05. The molecule has 0 radical (unpaired) electrons. The summed E-state index contributed by atoms with van der Waals surface area (Å²) in [4.78, 5) is 0. The first kappa shape index (κ1) is 9.71. The van der Waals surface area contributed by atoms with E-state index in [1.54, 1.807) is 18.2 Å². The van der Waals surface area contributed by atoms with Crippen molar-refractivity contribution in [1.29, 1.82) is 0 Å². The number of halogens is 1. The smallest absolute Gasteiger partial charge is 0.123 e. The second-order valence-corrected chi connectivity index (χ2v) is 3.53. The van der Waals surface area contributed by atoms with Crippen LogP contribution in [0.5, 0.6) is 5.75 Å². The summed E-state index contributed by atoms with van der Waals surface area (Å²) in [5, 5.41) is 9.66. The van der Waals surface area contributed by atoms with Crippen LogP contribution in [-0.4, -0.2) is 5.11 Å². The minimum absolute atomic E-state index is 0.172. The zero-order valence-electron chi connectivity index (χ0n) is 8.37. The number of phenols is 1. The normalized spacial score (nSPS) is 10.3. The number of hydrogen-bond donors (Lipinski definition) is 1.